The second-order valence-corrected chi connectivity index (χ2v) is 19.3. The maximum absolute atomic E-state index is 13.2. The first kappa shape index (κ1) is 63.8. The zero-order valence-corrected chi connectivity index (χ0v) is 43.2. The highest BCUT2D eigenvalue weighted by Crippen LogP contribution is 2.30. The molecule has 0 aliphatic carbocycles. The van der Waals surface area contributed by atoms with Crippen molar-refractivity contribution in [2.45, 2.75) is 267 Å². The summed E-state index contributed by atoms with van der Waals surface area (Å²) >= 11 is 0. The second-order valence-electron chi connectivity index (χ2n) is 19.3. The van der Waals surface area contributed by atoms with Crippen molar-refractivity contribution in [1.29, 1.82) is 0 Å². The normalized spacial score (nSPS) is 26.4. The Hall–Kier alpha value is -2.31. The van der Waals surface area contributed by atoms with Crippen molar-refractivity contribution in [3.63, 3.8) is 0 Å². The molecule has 9 N–H and O–H groups in total. The predicted molar refractivity (Wildman–Crippen MR) is 277 cm³/mol. The molecule has 0 saturated carbocycles. The molecule has 2 heterocycles. The van der Waals surface area contributed by atoms with Gasteiger partial charge in [0.15, 0.2) is 12.6 Å². The summed E-state index contributed by atoms with van der Waals surface area (Å²) in [7, 11) is 0. The fourth-order valence-electron chi connectivity index (χ4n) is 8.79. The van der Waals surface area contributed by atoms with Gasteiger partial charge in [0.2, 0.25) is 5.91 Å². The number of allylic oxidation sites excluding steroid dienone is 10. The number of carbonyl (C=O) groups is 1. The average Bonchev–Trinajstić information content (AvgIpc) is 3.36. The molecular weight excluding hydrogens is 895 g/mol. The van der Waals surface area contributed by atoms with Crippen LogP contribution in [0.5, 0.6) is 0 Å². The lowest BCUT2D eigenvalue weighted by Gasteiger charge is -2.46. The number of hydrogen-bond acceptors (Lipinski definition) is 13. The second kappa shape index (κ2) is 42.1. The summed E-state index contributed by atoms with van der Waals surface area (Å²) in [5.74, 6) is -0.240. The Morgan fingerprint density at radius 1 is 0.529 bits per heavy atom. The third kappa shape index (κ3) is 28.2. The quantitative estimate of drug-likeness (QED) is 0.0208. The zero-order chi connectivity index (χ0) is 51.0. The lowest BCUT2D eigenvalue weighted by Crippen LogP contribution is -2.65. The molecule has 0 bridgehead atoms. The number of aliphatic hydroxyl groups is 8. The molecule has 14 nitrogen and oxygen atoms in total. The van der Waals surface area contributed by atoms with Gasteiger partial charge in [-0.2, -0.15) is 0 Å². The van der Waals surface area contributed by atoms with Gasteiger partial charge in [0, 0.05) is 6.42 Å². The third-order valence-electron chi connectivity index (χ3n) is 13.2. The van der Waals surface area contributed by atoms with Gasteiger partial charge in [0.05, 0.1) is 32.0 Å². The number of nitrogens with one attached hydrogen (secondary N) is 1. The fraction of sp³-hybridized carbons (Fsp3) is 0.804. The molecule has 2 rings (SSSR count). The van der Waals surface area contributed by atoms with Gasteiger partial charge >= 0.3 is 0 Å². The summed E-state index contributed by atoms with van der Waals surface area (Å²) in [6, 6.07) is -0.849. The Bertz CT molecular complexity index is 1410. The Morgan fingerprint density at radius 2 is 0.986 bits per heavy atom. The minimum atomic E-state index is -1.79. The summed E-state index contributed by atoms with van der Waals surface area (Å²) in [6.07, 6.45) is 35.0. The van der Waals surface area contributed by atoms with Crippen LogP contribution in [0.1, 0.15) is 194 Å². The molecule has 406 valence electrons. The maximum Gasteiger partial charge on any atom is 0.220 e. The third-order valence-corrected chi connectivity index (χ3v) is 13.2. The van der Waals surface area contributed by atoms with Crippen molar-refractivity contribution >= 4 is 5.91 Å². The Morgan fingerprint density at radius 3 is 1.50 bits per heavy atom. The molecule has 0 aromatic heterocycles. The minimum absolute atomic E-state index is 0.240. The summed E-state index contributed by atoms with van der Waals surface area (Å²) in [5.41, 5.74) is 0. The van der Waals surface area contributed by atoms with E-state index in [1.54, 1.807) is 0 Å². The van der Waals surface area contributed by atoms with Crippen molar-refractivity contribution in [2.24, 2.45) is 0 Å². The van der Waals surface area contributed by atoms with Gasteiger partial charge in [-0.15, -0.1) is 0 Å². The van der Waals surface area contributed by atoms with Gasteiger partial charge in [-0.3, -0.25) is 4.79 Å². The van der Waals surface area contributed by atoms with E-state index in [0.29, 0.717) is 12.8 Å². The largest absolute Gasteiger partial charge is 0.394 e. The van der Waals surface area contributed by atoms with Crippen molar-refractivity contribution in [2.75, 3.05) is 19.8 Å². The van der Waals surface area contributed by atoms with Gasteiger partial charge in [0.25, 0.3) is 0 Å². The number of carbonyl (C=O) groups excluding carboxylic acids is 1. The van der Waals surface area contributed by atoms with E-state index in [9.17, 15) is 45.6 Å². The predicted octanol–water partition coefficient (Wildman–Crippen LogP) is 8.22. The smallest absolute Gasteiger partial charge is 0.220 e. The van der Waals surface area contributed by atoms with E-state index >= 15 is 0 Å². The van der Waals surface area contributed by atoms with E-state index in [2.05, 4.69) is 79.9 Å². The van der Waals surface area contributed by atoms with E-state index in [1.165, 1.54) is 83.5 Å². The monoisotopic (exact) mass is 994 g/mol. The molecule has 0 aromatic rings. The molecule has 2 saturated heterocycles. The van der Waals surface area contributed by atoms with Crippen LogP contribution in [-0.4, -0.2) is 140 Å². The van der Waals surface area contributed by atoms with E-state index in [0.717, 1.165) is 77.0 Å². The summed E-state index contributed by atoms with van der Waals surface area (Å²) in [5, 5.41) is 87.1. The summed E-state index contributed by atoms with van der Waals surface area (Å²) < 4.78 is 22.8. The topological polar surface area (TPSA) is 228 Å². The van der Waals surface area contributed by atoms with Gasteiger partial charge in [-0.1, -0.05) is 190 Å². The number of amides is 1. The first-order chi connectivity index (χ1) is 34.1. The van der Waals surface area contributed by atoms with Crippen LogP contribution in [0.4, 0.5) is 0 Å². The van der Waals surface area contributed by atoms with Crippen molar-refractivity contribution in [3.8, 4) is 0 Å². The van der Waals surface area contributed by atoms with Crippen LogP contribution < -0.4 is 5.32 Å². The molecule has 14 heteroatoms. The van der Waals surface area contributed by atoms with E-state index in [-0.39, 0.29) is 18.9 Å². The van der Waals surface area contributed by atoms with Gasteiger partial charge in [-0.25, -0.2) is 0 Å². The molecule has 70 heavy (non-hydrogen) atoms. The average molecular weight is 994 g/mol. The highest BCUT2D eigenvalue weighted by Gasteiger charge is 2.51. The summed E-state index contributed by atoms with van der Waals surface area (Å²) in [6.45, 7) is 2.71. The maximum atomic E-state index is 13.2. The number of rotatable bonds is 42. The molecule has 0 aromatic carbocycles. The number of unbranched alkanes of at least 4 members (excludes halogenated alkanes) is 19. The number of hydrogen-bond donors (Lipinski definition) is 9. The highest BCUT2D eigenvalue weighted by molar-refractivity contribution is 5.76. The van der Waals surface area contributed by atoms with Gasteiger partial charge in [-0.05, 0) is 57.8 Å². The molecule has 12 atom stereocenters. The Balaban J connectivity index is 1.82. The van der Waals surface area contributed by atoms with Crippen LogP contribution in [0.25, 0.3) is 0 Å². The molecule has 2 aliphatic rings. The minimum Gasteiger partial charge on any atom is -0.394 e. The van der Waals surface area contributed by atoms with Gasteiger partial charge in [0.1, 0.15) is 48.8 Å². The van der Waals surface area contributed by atoms with E-state index in [4.69, 9.17) is 18.9 Å². The first-order valence-corrected chi connectivity index (χ1v) is 27.5. The molecule has 2 aliphatic heterocycles. The summed E-state index contributed by atoms with van der Waals surface area (Å²) in [4.78, 5) is 13.2. The molecule has 2 fully saturated rings. The number of aliphatic hydroxyl groups excluding tert-OH is 8. The van der Waals surface area contributed by atoms with E-state index in [1.807, 2.05) is 0 Å². The molecular formula is C56H99NO13. The van der Waals surface area contributed by atoms with Crippen LogP contribution in [0.3, 0.4) is 0 Å². The van der Waals surface area contributed by atoms with Crippen molar-refractivity contribution < 1.29 is 64.6 Å². The standard InChI is InChI=1S/C56H99NO13/c1-3-5-7-9-11-13-15-17-19-21-22-24-26-28-30-32-34-36-38-40-48(61)57-44(45(60)39-37-35-33-31-29-27-25-23-20-18-16-14-12-10-8-6-4-2)43-67-55-53(66)51(64)54(47(42-59)69-55)70-56-52(65)50(63)49(62)46(41-58)68-56/h5,7,11,13,17,19,22,24,28,30,44-47,49-56,58-60,62-66H,3-4,6,8-10,12,14-16,18,20-21,23,25-27,29,31-43H2,1-2H3,(H,57,61)/b7-5-,13-11-,19-17-,24-22-,30-28-. The van der Waals surface area contributed by atoms with Crippen LogP contribution >= 0.6 is 0 Å². The first-order valence-electron chi connectivity index (χ1n) is 27.5. The lowest BCUT2D eigenvalue weighted by atomic mass is 9.97. The highest BCUT2D eigenvalue weighted by atomic mass is 16.7. The number of ether oxygens (including phenoxy) is 4. The lowest BCUT2D eigenvalue weighted by molar-refractivity contribution is -0.359. The van der Waals surface area contributed by atoms with Crippen molar-refractivity contribution in [3.05, 3.63) is 60.8 Å². The molecule has 0 radical (unpaired) electrons. The Kier molecular flexibility index (Phi) is 38.4. The molecule has 1 amide bonds. The van der Waals surface area contributed by atoms with Gasteiger partial charge < -0.3 is 65.1 Å². The SMILES string of the molecule is CC/C=C\C/C=C\C/C=C\C/C=C\C/C=C\CCCCCC(=O)NC(COC1OC(CO)C(OC2OC(CO)C(O)C(O)C2O)C(O)C1O)C(O)CCCCCCCCCCCCCCCCCCC. The Labute approximate surface area is 422 Å². The van der Waals surface area contributed by atoms with Crippen LogP contribution in [0, 0.1) is 0 Å². The van der Waals surface area contributed by atoms with Crippen LogP contribution in [-0.2, 0) is 23.7 Å². The van der Waals surface area contributed by atoms with Crippen molar-refractivity contribution in [1.82, 2.24) is 5.32 Å². The van der Waals surface area contributed by atoms with Crippen LogP contribution in [0.15, 0.2) is 60.8 Å². The van der Waals surface area contributed by atoms with Crippen LogP contribution in [0.2, 0.25) is 0 Å². The fourth-order valence-corrected chi connectivity index (χ4v) is 8.79. The van der Waals surface area contributed by atoms with E-state index < -0.39 is 86.8 Å². The molecule has 12 unspecified atom stereocenters. The molecule has 0 spiro atoms. The zero-order valence-electron chi connectivity index (χ0n) is 43.2.